The zero-order chi connectivity index (χ0) is 17.1. The molecule has 2 heterocycles. The molecule has 1 saturated heterocycles. The van der Waals surface area contributed by atoms with Crippen molar-refractivity contribution in [3.05, 3.63) is 30.0 Å². The van der Waals surface area contributed by atoms with Crippen molar-refractivity contribution in [1.29, 1.82) is 0 Å². The predicted molar refractivity (Wildman–Crippen MR) is 88.7 cm³/mol. The molecular formula is C17H21N3O4. The number of carboxylic acid groups (broad SMARTS) is 1. The van der Waals surface area contributed by atoms with Gasteiger partial charge in [0.2, 0.25) is 0 Å². The number of ether oxygens (including phenoxy) is 2. The molecular weight excluding hydrogens is 310 g/mol. The average Bonchev–Trinajstić information content (AvgIpc) is 3.05. The second kappa shape index (κ2) is 6.92. The van der Waals surface area contributed by atoms with Crippen LogP contribution in [0.25, 0.3) is 11.3 Å². The number of carboxylic acids is 1. The lowest BCUT2D eigenvalue weighted by molar-refractivity contribution is 0.0690. The van der Waals surface area contributed by atoms with Gasteiger partial charge in [-0.05, 0) is 44.6 Å². The number of methoxy groups -OCH3 is 1. The summed E-state index contributed by atoms with van der Waals surface area (Å²) in [7, 11) is 3.66. The van der Waals surface area contributed by atoms with Crippen molar-refractivity contribution >= 4 is 5.97 Å². The Kier molecular flexibility index (Phi) is 4.71. The molecule has 3 rings (SSSR count). The van der Waals surface area contributed by atoms with Crippen molar-refractivity contribution < 1.29 is 19.4 Å². The fraction of sp³-hybridized carbons (Fsp3) is 0.412. The molecule has 1 unspecified atom stereocenters. The number of aromatic carboxylic acids is 1. The van der Waals surface area contributed by atoms with Gasteiger partial charge >= 0.3 is 5.97 Å². The van der Waals surface area contributed by atoms with E-state index in [0.29, 0.717) is 22.8 Å². The third-order valence-electron chi connectivity index (χ3n) is 4.15. The molecule has 0 aliphatic carbocycles. The third kappa shape index (κ3) is 3.35. The number of H-pyrrole nitrogens is 1. The number of likely N-dealkylation sites (N-methyl/N-ethyl adjacent to an activating group) is 1. The lowest BCUT2D eigenvalue weighted by atomic mass is 10.1. The van der Waals surface area contributed by atoms with Gasteiger partial charge in [0.05, 0.1) is 12.8 Å². The zero-order valence-electron chi connectivity index (χ0n) is 13.8. The summed E-state index contributed by atoms with van der Waals surface area (Å²) < 4.78 is 11.7. The van der Waals surface area contributed by atoms with Crippen molar-refractivity contribution in [2.45, 2.75) is 18.9 Å². The van der Waals surface area contributed by atoms with Gasteiger partial charge in [-0.25, -0.2) is 4.79 Å². The normalized spacial score (nSPS) is 18.3. The Morgan fingerprint density at radius 3 is 2.96 bits per heavy atom. The van der Waals surface area contributed by atoms with Crippen molar-refractivity contribution in [1.82, 2.24) is 15.1 Å². The van der Waals surface area contributed by atoms with Gasteiger partial charge in [-0.1, -0.05) is 6.07 Å². The van der Waals surface area contributed by atoms with Gasteiger partial charge in [-0.15, -0.1) is 0 Å². The van der Waals surface area contributed by atoms with E-state index in [9.17, 15) is 4.79 Å². The summed E-state index contributed by atoms with van der Waals surface area (Å²) in [4.78, 5) is 13.3. The summed E-state index contributed by atoms with van der Waals surface area (Å²) in [5.74, 6) is 0.164. The van der Waals surface area contributed by atoms with E-state index in [4.69, 9.17) is 14.6 Å². The maximum absolute atomic E-state index is 11.1. The van der Waals surface area contributed by atoms with Crippen molar-refractivity contribution in [2.24, 2.45) is 0 Å². The van der Waals surface area contributed by atoms with Gasteiger partial charge < -0.3 is 19.5 Å². The van der Waals surface area contributed by atoms with Crippen LogP contribution in [0.2, 0.25) is 0 Å². The van der Waals surface area contributed by atoms with Crippen LogP contribution < -0.4 is 9.47 Å². The minimum absolute atomic E-state index is 0.0381. The number of para-hydroxylation sites is 1. The number of hydrogen-bond acceptors (Lipinski definition) is 5. The van der Waals surface area contributed by atoms with Gasteiger partial charge in [0.15, 0.2) is 11.5 Å². The van der Waals surface area contributed by atoms with Crippen LogP contribution in [0, 0.1) is 0 Å². The largest absolute Gasteiger partial charge is 0.493 e. The fourth-order valence-corrected chi connectivity index (χ4v) is 2.95. The molecule has 7 heteroatoms. The molecule has 1 fully saturated rings. The number of aromatic amines is 1. The van der Waals surface area contributed by atoms with Gasteiger partial charge in [-0.3, -0.25) is 5.10 Å². The topological polar surface area (TPSA) is 87.7 Å². The summed E-state index contributed by atoms with van der Waals surface area (Å²) >= 11 is 0. The molecule has 2 aromatic rings. The van der Waals surface area contributed by atoms with E-state index >= 15 is 0 Å². The SMILES string of the molecule is COc1cccc(-c2cc(C(=O)O)[nH]n2)c1OC1CCCN(C)C1. The molecule has 128 valence electrons. The Labute approximate surface area is 140 Å². The number of piperidine rings is 1. The molecule has 0 bridgehead atoms. The van der Waals surface area contributed by atoms with Crippen LogP contribution in [0.5, 0.6) is 11.5 Å². The first-order chi connectivity index (χ1) is 11.6. The molecule has 1 atom stereocenters. The van der Waals surface area contributed by atoms with Gasteiger partial charge in [-0.2, -0.15) is 5.10 Å². The third-order valence-corrected chi connectivity index (χ3v) is 4.15. The second-order valence-electron chi connectivity index (χ2n) is 5.95. The van der Waals surface area contributed by atoms with Crippen LogP contribution in [-0.2, 0) is 0 Å². The number of likely N-dealkylation sites (tertiary alicyclic amines) is 1. The molecule has 2 N–H and O–H groups in total. The first kappa shape index (κ1) is 16.3. The summed E-state index contributed by atoms with van der Waals surface area (Å²) in [6, 6.07) is 7.02. The lowest BCUT2D eigenvalue weighted by Crippen LogP contribution is -2.38. The predicted octanol–water partition coefficient (Wildman–Crippen LogP) is 2.26. The molecule has 0 spiro atoms. The first-order valence-corrected chi connectivity index (χ1v) is 7.89. The van der Waals surface area contributed by atoms with Crippen LogP contribution >= 0.6 is 0 Å². The first-order valence-electron chi connectivity index (χ1n) is 7.89. The Hall–Kier alpha value is -2.54. The molecule has 7 nitrogen and oxygen atoms in total. The number of aromatic nitrogens is 2. The minimum atomic E-state index is -1.05. The number of nitrogens with zero attached hydrogens (tertiary/aromatic N) is 2. The van der Waals surface area contributed by atoms with E-state index in [1.165, 1.54) is 6.07 Å². The standard InChI is InChI=1S/C17H21N3O4/c1-20-8-4-5-11(10-20)24-16-12(6-3-7-15(16)23-2)13-9-14(17(21)22)19-18-13/h3,6-7,9,11H,4-5,8,10H2,1-2H3,(H,18,19)(H,21,22). The van der Waals surface area contributed by atoms with Gasteiger partial charge in [0.25, 0.3) is 0 Å². The Morgan fingerprint density at radius 1 is 1.46 bits per heavy atom. The molecule has 0 saturated carbocycles. The van der Waals surface area contributed by atoms with Crippen molar-refractivity contribution in [3.63, 3.8) is 0 Å². The summed E-state index contributed by atoms with van der Waals surface area (Å²) in [6.45, 7) is 1.92. The minimum Gasteiger partial charge on any atom is -0.493 e. The summed E-state index contributed by atoms with van der Waals surface area (Å²) in [5.41, 5.74) is 1.27. The highest BCUT2D eigenvalue weighted by atomic mass is 16.5. The number of carbonyl (C=O) groups is 1. The number of hydrogen-bond donors (Lipinski definition) is 2. The highest BCUT2D eigenvalue weighted by Crippen LogP contribution is 2.38. The van der Waals surface area contributed by atoms with Crippen LogP contribution in [0.15, 0.2) is 24.3 Å². The lowest BCUT2D eigenvalue weighted by Gasteiger charge is -2.30. The highest BCUT2D eigenvalue weighted by Gasteiger charge is 2.23. The van der Waals surface area contributed by atoms with E-state index in [1.807, 2.05) is 18.2 Å². The smallest absolute Gasteiger partial charge is 0.353 e. The average molecular weight is 331 g/mol. The van der Waals surface area contributed by atoms with Gasteiger partial charge in [0.1, 0.15) is 11.8 Å². The Bertz CT molecular complexity index is 728. The number of benzene rings is 1. The maximum Gasteiger partial charge on any atom is 0.353 e. The fourth-order valence-electron chi connectivity index (χ4n) is 2.95. The van der Waals surface area contributed by atoms with E-state index < -0.39 is 5.97 Å². The van der Waals surface area contributed by atoms with Crippen LogP contribution in [0.4, 0.5) is 0 Å². The van der Waals surface area contributed by atoms with E-state index in [-0.39, 0.29) is 11.8 Å². The Balaban J connectivity index is 1.95. The van der Waals surface area contributed by atoms with E-state index in [2.05, 4.69) is 22.1 Å². The molecule has 0 radical (unpaired) electrons. The van der Waals surface area contributed by atoms with E-state index in [0.717, 1.165) is 25.9 Å². The second-order valence-corrected chi connectivity index (χ2v) is 5.95. The van der Waals surface area contributed by atoms with Gasteiger partial charge in [0, 0.05) is 12.1 Å². The Morgan fingerprint density at radius 2 is 2.29 bits per heavy atom. The molecule has 0 amide bonds. The summed E-state index contributed by atoms with van der Waals surface area (Å²) in [5, 5.41) is 15.7. The molecule has 24 heavy (non-hydrogen) atoms. The van der Waals surface area contributed by atoms with Crippen molar-refractivity contribution in [2.75, 3.05) is 27.2 Å². The monoisotopic (exact) mass is 331 g/mol. The van der Waals surface area contributed by atoms with Crippen LogP contribution in [0.1, 0.15) is 23.3 Å². The quantitative estimate of drug-likeness (QED) is 0.874. The number of nitrogens with one attached hydrogen (secondary N) is 1. The highest BCUT2D eigenvalue weighted by molar-refractivity contribution is 5.87. The van der Waals surface area contributed by atoms with Crippen molar-refractivity contribution in [3.8, 4) is 22.8 Å². The molecule has 1 aliphatic heterocycles. The molecule has 1 aromatic carbocycles. The zero-order valence-corrected chi connectivity index (χ0v) is 13.8. The van der Waals surface area contributed by atoms with E-state index in [1.54, 1.807) is 7.11 Å². The van der Waals surface area contributed by atoms with Crippen LogP contribution in [-0.4, -0.2) is 59.5 Å². The summed E-state index contributed by atoms with van der Waals surface area (Å²) in [6.07, 6.45) is 2.12. The number of rotatable bonds is 5. The maximum atomic E-state index is 11.1. The molecule has 1 aliphatic rings. The van der Waals surface area contributed by atoms with Crippen LogP contribution in [0.3, 0.4) is 0 Å². The molecule has 1 aromatic heterocycles.